The van der Waals surface area contributed by atoms with Gasteiger partial charge in [0.1, 0.15) is 5.69 Å². The molecule has 188 valence electrons. The Bertz CT molecular complexity index is 1350. The quantitative estimate of drug-likeness (QED) is 0.212. The van der Waals surface area contributed by atoms with Gasteiger partial charge in [0.25, 0.3) is 0 Å². The minimum absolute atomic E-state index is 0.0644. The highest BCUT2D eigenvalue weighted by Crippen LogP contribution is 2.70. The maximum absolute atomic E-state index is 5.36. The Morgan fingerprint density at radius 3 is 1.73 bits per heavy atom. The molecule has 2 heterocycles. The van der Waals surface area contributed by atoms with Gasteiger partial charge >= 0.3 is 0 Å². The first kappa shape index (κ1) is 25.3. The summed E-state index contributed by atoms with van der Waals surface area (Å²) in [7, 11) is -0.656. The average molecular weight is 508 g/mol. The summed E-state index contributed by atoms with van der Waals surface area (Å²) in [6, 6.07) is 31.7. The van der Waals surface area contributed by atoms with Crippen molar-refractivity contribution in [2.24, 2.45) is 5.10 Å². The molecule has 1 aliphatic rings. The molecule has 1 N–H and O–H groups in total. The highest BCUT2D eigenvalue weighted by Gasteiger charge is 2.54. The highest BCUT2D eigenvalue weighted by atomic mass is 31.1. The van der Waals surface area contributed by atoms with Gasteiger partial charge in [-0.3, -0.25) is 5.10 Å². The van der Waals surface area contributed by atoms with E-state index >= 15 is 0 Å². The zero-order chi connectivity index (χ0) is 26.3. The van der Waals surface area contributed by atoms with E-state index in [4.69, 9.17) is 10.2 Å². The first-order valence-electron chi connectivity index (χ1n) is 12.9. The van der Waals surface area contributed by atoms with E-state index in [1.807, 2.05) is 12.3 Å². The van der Waals surface area contributed by atoms with Gasteiger partial charge in [-0.2, -0.15) is 5.10 Å². The van der Waals surface area contributed by atoms with Crippen LogP contribution in [0.25, 0.3) is 22.5 Å². The fourth-order valence-corrected chi connectivity index (χ4v) is 9.84. The van der Waals surface area contributed by atoms with Crippen molar-refractivity contribution in [1.82, 2.24) is 14.8 Å². The van der Waals surface area contributed by atoms with Crippen LogP contribution in [0.5, 0.6) is 0 Å². The van der Waals surface area contributed by atoms with Crippen molar-refractivity contribution in [3.05, 3.63) is 103 Å². The second-order valence-electron chi connectivity index (χ2n) is 11.5. The second kappa shape index (κ2) is 9.52. The van der Waals surface area contributed by atoms with Gasteiger partial charge in [-0.25, -0.2) is 0 Å². The van der Waals surface area contributed by atoms with E-state index in [2.05, 4.69) is 138 Å². The summed E-state index contributed by atoms with van der Waals surface area (Å²) in [4.78, 5) is 0. The molecule has 3 aromatic carbocycles. The molecule has 0 spiro atoms. The fraction of sp³-hybridized carbons (Fsp3) is 0.250. The predicted molar refractivity (Wildman–Crippen MR) is 160 cm³/mol. The van der Waals surface area contributed by atoms with Gasteiger partial charge in [-0.05, 0) is 18.2 Å². The number of allylic oxidation sites excluding steroid dienone is 1. The molecule has 1 aliphatic heterocycles. The first-order valence-corrected chi connectivity index (χ1v) is 14.2. The van der Waals surface area contributed by atoms with Gasteiger partial charge in [-0.15, -0.1) is 0 Å². The zero-order valence-corrected chi connectivity index (χ0v) is 23.5. The molecule has 4 nitrogen and oxygen atoms in total. The number of quaternary nitrogens is 1. The van der Waals surface area contributed by atoms with Gasteiger partial charge in [0.15, 0.2) is 16.8 Å². The van der Waals surface area contributed by atoms with E-state index < -0.39 is 7.92 Å². The lowest BCUT2D eigenvalue weighted by Gasteiger charge is -2.45. The van der Waals surface area contributed by atoms with Crippen LogP contribution in [0.3, 0.4) is 0 Å². The first-order chi connectivity index (χ1) is 17.6. The van der Waals surface area contributed by atoms with Crippen LogP contribution < -0.4 is 4.59 Å². The lowest BCUT2D eigenvalue weighted by Crippen LogP contribution is -2.40. The fourth-order valence-electron chi connectivity index (χ4n) is 5.68. The van der Waals surface area contributed by atoms with E-state index in [0.29, 0.717) is 0 Å². The molecule has 1 atom stereocenters. The van der Waals surface area contributed by atoms with E-state index in [1.54, 1.807) is 0 Å². The summed E-state index contributed by atoms with van der Waals surface area (Å²) in [6.07, 6.45) is 4.28. The van der Waals surface area contributed by atoms with Crippen LogP contribution in [0.4, 0.5) is 11.4 Å². The van der Waals surface area contributed by atoms with Gasteiger partial charge in [0, 0.05) is 29.3 Å². The summed E-state index contributed by atoms with van der Waals surface area (Å²) >= 11 is 0. The van der Waals surface area contributed by atoms with E-state index in [0.717, 1.165) is 33.9 Å². The number of hydrogen-bond donors (Lipinski definition) is 1. The maximum Gasteiger partial charge on any atom is 0.223 e. The maximum atomic E-state index is 5.36. The topological polar surface area (TPSA) is 41.0 Å². The van der Waals surface area contributed by atoms with Crippen LogP contribution in [-0.2, 0) is 0 Å². The Labute approximate surface area is 222 Å². The molecule has 37 heavy (non-hydrogen) atoms. The molecule has 0 saturated carbocycles. The number of H-pyrrole nitrogens is 1. The Morgan fingerprint density at radius 1 is 0.676 bits per heavy atom. The lowest BCUT2D eigenvalue weighted by atomic mass is 10.0. The van der Waals surface area contributed by atoms with Crippen LogP contribution in [0.15, 0.2) is 108 Å². The smallest absolute Gasteiger partial charge is 0.223 e. The van der Waals surface area contributed by atoms with Crippen molar-refractivity contribution < 1.29 is 0 Å². The summed E-state index contributed by atoms with van der Waals surface area (Å²) in [5.41, 5.74) is 7.57. The van der Waals surface area contributed by atoms with Crippen LogP contribution in [-0.4, -0.2) is 26.7 Å². The summed E-state index contributed by atoms with van der Waals surface area (Å²) < 4.78 is 0.284. The summed E-state index contributed by atoms with van der Waals surface area (Å²) in [5.74, 6) is 0. The normalized spacial score (nSPS) is 17.9. The number of nitrogens with one attached hydrogen (secondary N) is 1. The van der Waals surface area contributed by atoms with E-state index in [9.17, 15) is 0 Å². The minimum Gasteiger partial charge on any atom is -0.271 e. The molecule has 0 amide bonds. The Morgan fingerprint density at radius 2 is 1.19 bits per heavy atom. The molecule has 0 bridgehead atoms. The van der Waals surface area contributed by atoms with Crippen molar-refractivity contribution in [3.8, 4) is 22.5 Å². The number of rotatable bonds is 5. The molecule has 0 radical (unpaired) electrons. The molecule has 0 saturated heterocycles. The van der Waals surface area contributed by atoms with E-state index in [-0.39, 0.29) is 14.9 Å². The molecular formula is C32H36N4P+. The van der Waals surface area contributed by atoms with Crippen molar-refractivity contribution in [1.29, 1.82) is 0 Å². The second-order valence-corrected chi connectivity index (χ2v) is 15.3. The largest absolute Gasteiger partial charge is 0.271 e. The van der Waals surface area contributed by atoms with Gasteiger partial charge < -0.3 is 0 Å². The third-order valence-electron chi connectivity index (χ3n) is 6.67. The number of para-hydroxylation sites is 1. The number of nitrogens with zero attached hydrogens (tertiary/aromatic N) is 3. The summed E-state index contributed by atoms with van der Waals surface area (Å²) in [5, 5.41) is 13.9. The molecule has 0 aliphatic carbocycles. The third-order valence-corrected chi connectivity index (χ3v) is 10.2. The van der Waals surface area contributed by atoms with Crippen molar-refractivity contribution in [3.63, 3.8) is 0 Å². The monoisotopic (exact) mass is 507 g/mol. The zero-order valence-electron chi connectivity index (χ0n) is 22.6. The van der Waals surface area contributed by atoms with Crippen molar-refractivity contribution in [2.45, 2.75) is 51.9 Å². The molecular weight excluding hydrogens is 471 g/mol. The number of aromatic amines is 1. The molecule has 4 aromatic rings. The average Bonchev–Trinajstić information content (AvgIpc) is 3.49. The van der Waals surface area contributed by atoms with Crippen LogP contribution >= 0.6 is 7.92 Å². The van der Waals surface area contributed by atoms with Crippen molar-refractivity contribution >= 4 is 25.5 Å². The number of benzene rings is 3. The molecule has 5 heteroatoms. The number of hydrogen-bond acceptors (Lipinski definition) is 2. The van der Waals surface area contributed by atoms with Crippen molar-refractivity contribution in [2.75, 3.05) is 0 Å². The Hall–Kier alpha value is -3.33. The molecule has 1 unspecified atom stereocenters. The standard InChI is InChI=1S/C32H36N4P/c1-31(2,3)37(32(4,5)6)27-22-23-33-36(27,26-20-14-9-15-21-26)30-28(24-16-10-7-11-17-24)34-35-29(30)25-18-12-8-13-19-25/h7-23H,1-6H3,(H,34,35)/q+1. The third kappa shape index (κ3) is 4.50. The minimum atomic E-state index is -0.656. The molecule has 0 fully saturated rings. The van der Waals surface area contributed by atoms with Gasteiger partial charge in [0.05, 0.1) is 6.21 Å². The van der Waals surface area contributed by atoms with Crippen LogP contribution in [0.1, 0.15) is 41.5 Å². The summed E-state index contributed by atoms with van der Waals surface area (Å²) in [6.45, 7) is 14.2. The van der Waals surface area contributed by atoms with E-state index in [1.165, 1.54) is 5.44 Å². The van der Waals surface area contributed by atoms with Crippen LogP contribution in [0, 0.1) is 0 Å². The lowest BCUT2D eigenvalue weighted by molar-refractivity contribution is 0.532. The Balaban J connectivity index is 1.90. The highest BCUT2D eigenvalue weighted by molar-refractivity contribution is 7.65. The molecule has 5 rings (SSSR count). The molecule has 1 aromatic heterocycles. The van der Waals surface area contributed by atoms with Gasteiger partial charge in [-0.1, -0.05) is 130 Å². The predicted octanol–water partition coefficient (Wildman–Crippen LogP) is 9.30. The SMILES string of the molecule is CC(C)(C)P(C1=CC=N[N+]1(c1ccccc1)c1c(-c2ccccc2)n[nH]c1-c1ccccc1)C(C)(C)C. The van der Waals surface area contributed by atoms with Crippen LogP contribution in [0.2, 0.25) is 0 Å². The van der Waals surface area contributed by atoms with Gasteiger partial charge in [0.2, 0.25) is 5.69 Å². The number of aromatic nitrogens is 2. The Kier molecular flexibility index (Phi) is 6.52.